The predicted molar refractivity (Wildman–Crippen MR) is 61.5 cm³/mol. The van der Waals surface area contributed by atoms with Gasteiger partial charge in [0.05, 0.1) is 17.6 Å². The maximum atomic E-state index is 5.75. The average molecular weight is 244 g/mol. The lowest BCUT2D eigenvalue weighted by Gasteiger charge is -2.03. The molecule has 2 heterocycles. The van der Waals surface area contributed by atoms with Crippen LogP contribution < -0.4 is 0 Å². The van der Waals surface area contributed by atoms with Gasteiger partial charge >= 0.3 is 0 Å². The van der Waals surface area contributed by atoms with Gasteiger partial charge in [-0.1, -0.05) is 37.0 Å². The SMILES string of the molecule is CC(C)c1cn2cc(C(Cl)Cl)nc2cn1. The van der Waals surface area contributed by atoms with Crippen molar-refractivity contribution in [3.05, 3.63) is 30.0 Å². The molecule has 80 valence electrons. The molecular formula is C10H11Cl2N3. The molecule has 0 N–H and O–H groups in total. The average Bonchev–Trinajstić information content (AvgIpc) is 2.59. The summed E-state index contributed by atoms with van der Waals surface area (Å²) in [5.41, 5.74) is 2.44. The zero-order valence-electron chi connectivity index (χ0n) is 8.48. The maximum absolute atomic E-state index is 5.75. The molecule has 2 aromatic rings. The maximum Gasteiger partial charge on any atom is 0.155 e. The molecule has 0 fully saturated rings. The van der Waals surface area contributed by atoms with E-state index < -0.39 is 4.84 Å². The largest absolute Gasteiger partial charge is 0.304 e. The lowest BCUT2D eigenvalue weighted by molar-refractivity contribution is 0.808. The highest BCUT2D eigenvalue weighted by atomic mass is 35.5. The van der Waals surface area contributed by atoms with Crippen LogP contribution in [0.1, 0.15) is 36.0 Å². The summed E-state index contributed by atoms with van der Waals surface area (Å²) in [4.78, 5) is 7.97. The predicted octanol–water partition coefficient (Wildman–Crippen LogP) is 3.33. The summed E-state index contributed by atoms with van der Waals surface area (Å²) >= 11 is 11.5. The first-order chi connectivity index (χ1) is 7.08. The summed E-state index contributed by atoms with van der Waals surface area (Å²) in [7, 11) is 0. The van der Waals surface area contributed by atoms with Gasteiger partial charge in [0.25, 0.3) is 0 Å². The molecule has 2 aromatic heterocycles. The van der Waals surface area contributed by atoms with E-state index in [1.54, 1.807) is 6.20 Å². The number of aromatic nitrogens is 3. The Hall–Kier alpha value is -0.800. The summed E-state index contributed by atoms with van der Waals surface area (Å²) in [5, 5.41) is 0. The second kappa shape index (κ2) is 3.99. The highest BCUT2D eigenvalue weighted by Gasteiger charge is 2.10. The van der Waals surface area contributed by atoms with Gasteiger partial charge in [0.15, 0.2) is 10.5 Å². The number of alkyl halides is 2. The first-order valence-corrected chi connectivity index (χ1v) is 5.58. The van der Waals surface area contributed by atoms with Gasteiger partial charge in [-0.25, -0.2) is 4.98 Å². The Morgan fingerprint density at radius 1 is 1.20 bits per heavy atom. The van der Waals surface area contributed by atoms with E-state index in [0.29, 0.717) is 11.6 Å². The van der Waals surface area contributed by atoms with Crippen LogP contribution in [0.25, 0.3) is 5.65 Å². The minimum atomic E-state index is -0.590. The molecule has 0 saturated heterocycles. The van der Waals surface area contributed by atoms with E-state index in [9.17, 15) is 0 Å². The Morgan fingerprint density at radius 2 is 1.87 bits per heavy atom. The molecule has 0 saturated carbocycles. The molecule has 0 bridgehead atoms. The fourth-order valence-corrected chi connectivity index (χ4v) is 1.55. The Kier molecular flexibility index (Phi) is 2.85. The van der Waals surface area contributed by atoms with Crippen molar-refractivity contribution in [2.75, 3.05) is 0 Å². The van der Waals surface area contributed by atoms with Crippen molar-refractivity contribution >= 4 is 28.8 Å². The first kappa shape index (κ1) is 10.7. The minimum absolute atomic E-state index is 0.392. The molecule has 2 rings (SSSR count). The molecule has 0 unspecified atom stereocenters. The van der Waals surface area contributed by atoms with E-state index in [-0.39, 0.29) is 0 Å². The number of fused-ring (bicyclic) bond motifs is 1. The summed E-state index contributed by atoms with van der Waals surface area (Å²) in [6.45, 7) is 4.19. The van der Waals surface area contributed by atoms with Gasteiger partial charge in [-0.2, -0.15) is 0 Å². The molecule has 0 aliphatic carbocycles. The Morgan fingerprint density at radius 3 is 2.47 bits per heavy atom. The molecule has 0 aromatic carbocycles. The number of halogens is 2. The highest BCUT2D eigenvalue weighted by molar-refractivity contribution is 6.43. The molecule has 3 nitrogen and oxygen atoms in total. The molecule has 0 aliphatic heterocycles. The van der Waals surface area contributed by atoms with Crippen LogP contribution in [0.2, 0.25) is 0 Å². The molecule has 15 heavy (non-hydrogen) atoms. The van der Waals surface area contributed by atoms with Gasteiger partial charge in [0.2, 0.25) is 0 Å². The van der Waals surface area contributed by atoms with E-state index >= 15 is 0 Å². The van der Waals surface area contributed by atoms with E-state index in [1.807, 2.05) is 16.8 Å². The standard InChI is InChI=1S/C10H11Cl2N3/c1-6(2)7-4-15-5-8(10(11)12)14-9(15)3-13-7/h3-6,10H,1-2H3. The van der Waals surface area contributed by atoms with Crippen LogP contribution in [-0.2, 0) is 0 Å². The lowest BCUT2D eigenvalue weighted by atomic mass is 10.1. The number of imidazole rings is 1. The zero-order valence-corrected chi connectivity index (χ0v) is 10.00. The van der Waals surface area contributed by atoms with Crippen molar-refractivity contribution in [2.24, 2.45) is 0 Å². The van der Waals surface area contributed by atoms with Crippen LogP contribution in [0.15, 0.2) is 18.6 Å². The number of nitrogens with zero attached hydrogens (tertiary/aromatic N) is 3. The lowest BCUT2D eigenvalue weighted by Crippen LogP contribution is -1.95. The fraction of sp³-hybridized carbons (Fsp3) is 0.400. The van der Waals surface area contributed by atoms with Crippen molar-refractivity contribution < 1.29 is 0 Å². The Labute approximate surface area is 98.1 Å². The van der Waals surface area contributed by atoms with Crippen molar-refractivity contribution in [3.63, 3.8) is 0 Å². The number of rotatable bonds is 2. The third-order valence-electron chi connectivity index (χ3n) is 2.20. The molecule has 0 amide bonds. The second-order valence-corrected chi connectivity index (χ2v) is 4.80. The molecule has 0 aliphatic rings. The first-order valence-electron chi connectivity index (χ1n) is 4.70. The van der Waals surface area contributed by atoms with Crippen molar-refractivity contribution in [1.82, 2.24) is 14.4 Å². The minimum Gasteiger partial charge on any atom is -0.304 e. The zero-order chi connectivity index (χ0) is 11.0. The third kappa shape index (κ3) is 2.08. The number of hydrogen-bond donors (Lipinski definition) is 0. The van der Waals surface area contributed by atoms with Gasteiger partial charge in [-0.3, -0.25) is 4.98 Å². The van der Waals surface area contributed by atoms with Crippen LogP contribution >= 0.6 is 23.2 Å². The van der Waals surface area contributed by atoms with E-state index in [0.717, 1.165) is 11.3 Å². The second-order valence-electron chi connectivity index (χ2n) is 3.70. The quantitative estimate of drug-likeness (QED) is 0.758. The molecular weight excluding hydrogens is 233 g/mol. The van der Waals surface area contributed by atoms with E-state index in [1.165, 1.54) is 0 Å². The fourth-order valence-electron chi connectivity index (χ4n) is 1.34. The van der Waals surface area contributed by atoms with Crippen LogP contribution in [0.3, 0.4) is 0 Å². The number of hydrogen-bond acceptors (Lipinski definition) is 2. The normalized spacial score (nSPS) is 11.9. The van der Waals surface area contributed by atoms with Gasteiger partial charge in [-0.05, 0) is 5.92 Å². The highest BCUT2D eigenvalue weighted by Crippen LogP contribution is 2.24. The Balaban J connectivity index is 2.52. The van der Waals surface area contributed by atoms with Crippen LogP contribution in [0.4, 0.5) is 0 Å². The van der Waals surface area contributed by atoms with Crippen LogP contribution in [-0.4, -0.2) is 14.4 Å². The molecule has 0 atom stereocenters. The van der Waals surface area contributed by atoms with E-state index in [2.05, 4.69) is 23.8 Å². The van der Waals surface area contributed by atoms with Crippen molar-refractivity contribution in [2.45, 2.75) is 24.6 Å². The van der Waals surface area contributed by atoms with Crippen LogP contribution in [0, 0.1) is 0 Å². The van der Waals surface area contributed by atoms with Gasteiger partial charge < -0.3 is 4.40 Å². The molecule has 0 spiro atoms. The third-order valence-corrected chi connectivity index (χ3v) is 2.64. The van der Waals surface area contributed by atoms with Gasteiger partial charge in [0, 0.05) is 12.4 Å². The molecule has 5 heteroatoms. The Bertz CT molecular complexity index is 470. The van der Waals surface area contributed by atoms with Crippen molar-refractivity contribution in [3.8, 4) is 0 Å². The van der Waals surface area contributed by atoms with Crippen molar-refractivity contribution in [1.29, 1.82) is 0 Å². The summed E-state index contributed by atoms with van der Waals surface area (Å²) in [6.07, 6.45) is 5.51. The summed E-state index contributed by atoms with van der Waals surface area (Å²) < 4.78 is 1.90. The summed E-state index contributed by atoms with van der Waals surface area (Å²) in [5.74, 6) is 0.392. The monoisotopic (exact) mass is 243 g/mol. The van der Waals surface area contributed by atoms with Gasteiger partial charge in [-0.15, -0.1) is 0 Å². The smallest absolute Gasteiger partial charge is 0.155 e. The summed E-state index contributed by atoms with van der Waals surface area (Å²) in [6, 6.07) is 0. The topological polar surface area (TPSA) is 30.2 Å². The van der Waals surface area contributed by atoms with E-state index in [4.69, 9.17) is 23.2 Å². The molecule has 0 radical (unpaired) electrons. The van der Waals surface area contributed by atoms with Gasteiger partial charge in [0.1, 0.15) is 0 Å². The van der Waals surface area contributed by atoms with Crippen LogP contribution in [0.5, 0.6) is 0 Å².